The number of rotatable bonds is 6. The van der Waals surface area contributed by atoms with Gasteiger partial charge in [-0.15, -0.1) is 0 Å². The molecule has 2 N–H and O–H groups in total. The van der Waals surface area contributed by atoms with Crippen molar-refractivity contribution in [1.82, 2.24) is 14.9 Å². The van der Waals surface area contributed by atoms with Gasteiger partial charge in [-0.3, -0.25) is 4.98 Å². The Morgan fingerprint density at radius 3 is 2.72 bits per heavy atom. The first-order valence-corrected chi connectivity index (χ1v) is 6.73. The molecule has 2 rings (SSSR count). The van der Waals surface area contributed by atoms with Crippen LogP contribution in [0.15, 0.2) is 12.4 Å². The first-order chi connectivity index (χ1) is 8.79. The van der Waals surface area contributed by atoms with E-state index in [2.05, 4.69) is 32.5 Å². The summed E-state index contributed by atoms with van der Waals surface area (Å²) < 4.78 is 0. The molecule has 1 aromatic rings. The molecule has 100 valence electrons. The van der Waals surface area contributed by atoms with Gasteiger partial charge in [-0.2, -0.15) is 0 Å². The van der Waals surface area contributed by atoms with E-state index >= 15 is 0 Å². The van der Waals surface area contributed by atoms with Crippen molar-refractivity contribution in [3.8, 4) is 0 Å². The third kappa shape index (κ3) is 3.57. The predicted octanol–water partition coefficient (Wildman–Crippen LogP) is 1.80. The monoisotopic (exact) mass is 249 g/mol. The van der Waals surface area contributed by atoms with Gasteiger partial charge in [0.1, 0.15) is 11.6 Å². The predicted molar refractivity (Wildman–Crippen MR) is 75.0 cm³/mol. The Labute approximate surface area is 109 Å². The van der Waals surface area contributed by atoms with E-state index in [9.17, 15) is 0 Å². The molecule has 5 nitrogen and oxygen atoms in total. The summed E-state index contributed by atoms with van der Waals surface area (Å²) >= 11 is 0. The van der Waals surface area contributed by atoms with Crippen molar-refractivity contribution >= 4 is 11.6 Å². The number of aromatic nitrogens is 2. The van der Waals surface area contributed by atoms with Crippen LogP contribution in [0.4, 0.5) is 11.6 Å². The van der Waals surface area contributed by atoms with Gasteiger partial charge in [0.25, 0.3) is 0 Å². The molecule has 0 amide bonds. The van der Waals surface area contributed by atoms with Crippen LogP contribution in [0.2, 0.25) is 0 Å². The van der Waals surface area contributed by atoms with Gasteiger partial charge in [-0.1, -0.05) is 12.8 Å². The van der Waals surface area contributed by atoms with E-state index in [1.807, 2.05) is 7.05 Å². The number of likely N-dealkylation sites (N-methyl/N-ethyl adjacent to an activating group) is 1. The van der Waals surface area contributed by atoms with Crippen LogP contribution >= 0.6 is 0 Å². The maximum atomic E-state index is 4.38. The van der Waals surface area contributed by atoms with E-state index in [1.54, 1.807) is 12.4 Å². The second-order valence-corrected chi connectivity index (χ2v) is 4.89. The molecule has 1 aromatic heterocycles. The second kappa shape index (κ2) is 6.54. The number of hydrogen-bond acceptors (Lipinski definition) is 5. The average Bonchev–Trinajstić information content (AvgIpc) is 2.93. The van der Waals surface area contributed by atoms with E-state index in [0.717, 1.165) is 30.8 Å². The summed E-state index contributed by atoms with van der Waals surface area (Å²) in [6.45, 7) is 1.96. The van der Waals surface area contributed by atoms with Crippen LogP contribution in [0.25, 0.3) is 0 Å². The number of nitrogens with one attached hydrogen (secondary N) is 2. The van der Waals surface area contributed by atoms with Crippen LogP contribution in [-0.2, 0) is 0 Å². The summed E-state index contributed by atoms with van der Waals surface area (Å²) in [7, 11) is 4.06. The standard InChI is InChI=1S/C13H23N5/c1-14-12-9-15-10-13(17-12)16-7-8-18(2)11-5-3-4-6-11/h9-11H,3-8H2,1-2H3,(H2,14,16,17). The zero-order valence-electron chi connectivity index (χ0n) is 11.3. The number of nitrogens with zero attached hydrogens (tertiary/aromatic N) is 3. The molecule has 0 saturated heterocycles. The van der Waals surface area contributed by atoms with E-state index in [-0.39, 0.29) is 0 Å². The Kier molecular flexibility index (Phi) is 4.75. The first kappa shape index (κ1) is 13.1. The Morgan fingerprint density at radius 1 is 1.28 bits per heavy atom. The molecule has 0 spiro atoms. The van der Waals surface area contributed by atoms with E-state index < -0.39 is 0 Å². The Balaban J connectivity index is 1.73. The van der Waals surface area contributed by atoms with Crippen LogP contribution in [0, 0.1) is 0 Å². The quantitative estimate of drug-likeness (QED) is 0.805. The largest absolute Gasteiger partial charge is 0.372 e. The van der Waals surface area contributed by atoms with Gasteiger partial charge in [-0.05, 0) is 19.9 Å². The lowest BCUT2D eigenvalue weighted by Gasteiger charge is -2.24. The molecule has 1 saturated carbocycles. The normalized spacial score (nSPS) is 16.2. The highest BCUT2D eigenvalue weighted by atomic mass is 15.2. The highest BCUT2D eigenvalue weighted by Gasteiger charge is 2.18. The molecule has 1 aliphatic rings. The Morgan fingerprint density at radius 2 is 2.00 bits per heavy atom. The van der Waals surface area contributed by atoms with Crippen molar-refractivity contribution in [1.29, 1.82) is 0 Å². The van der Waals surface area contributed by atoms with E-state index in [0.29, 0.717) is 0 Å². The Hall–Kier alpha value is -1.36. The van der Waals surface area contributed by atoms with Crippen LogP contribution < -0.4 is 10.6 Å². The number of hydrogen-bond donors (Lipinski definition) is 2. The molecule has 1 fully saturated rings. The molecular weight excluding hydrogens is 226 g/mol. The van der Waals surface area contributed by atoms with Crippen molar-refractivity contribution in [2.24, 2.45) is 0 Å². The topological polar surface area (TPSA) is 53.1 Å². The first-order valence-electron chi connectivity index (χ1n) is 6.73. The molecule has 5 heteroatoms. The van der Waals surface area contributed by atoms with Gasteiger partial charge in [0.15, 0.2) is 0 Å². The maximum Gasteiger partial charge on any atom is 0.147 e. The molecule has 1 aliphatic carbocycles. The summed E-state index contributed by atoms with van der Waals surface area (Å²) in [6.07, 6.45) is 8.96. The summed E-state index contributed by atoms with van der Waals surface area (Å²) in [5.41, 5.74) is 0. The highest BCUT2D eigenvalue weighted by Crippen LogP contribution is 2.21. The number of anilines is 2. The van der Waals surface area contributed by atoms with Crippen LogP contribution in [0.5, 0.6) is 0 Å². The molecule has 0 bridgehead atoms. The van der Waals surface area contributed by atoms with Gasteiger partial charge >= 0.3 is 0 Å². The minimum atomic E-state index is 0.779. The van der Waals surface area contributed by atoms with Crippen molar-refractivity contribution in [3.63, 3.8) is 0 Å². The zero-order chi connectivity index (χ0) is 12.8. The molecule has 0 unspecified atom stereocenters. The van der Waals surface area contributed by atoms with E-state index in [4.69, 9.17) is 0 Å². The molecular formula is C13H23N5. The summed E-state index contributed by atoms with van der Waals surface area (Å²) in [5, 5.41) is 6.31. The minimum absolute atomic E-state index is 0.779. The maximum absolute atomic E-state index is 4.38. The van der Waals surface area contributed by atoms with Crippen molar-refractivity contribution in [2.45, 2.75) is 31.7 Å². The molecule has 0 aliphatic heterocycles. The second-order valence-electron chi connectivity index (χ2n) is 4.89. The third-order valence-electron chi connectivity index (χ3n) is 3.61. The lowest BCUT2D eigenvalue weighted by Crippen LogP contribution is -2.33. The lowest BCUT2D eigenvalue weighted by molar-refractivity contribution is 0.254. The lowest BCUT2D eigenvalue weighted by atomic mass is 10.2. The average molecular weight is 249 g/mol. The van der Waals surface area contributed by atoms with Crippen molar-refractivity contribution in [3.05, 3.63) is 12.4 Å². The van der Waals surface area contributed by atoms with Crippen LogP contribution in [0.3, 0.4) is 0 Å². The summed E-state index contributed by atoms with van der Waals surface area (Å²) in [4.78, 5) is 11.0. The zero-order valence-corrected chi connectivity index (χ0v) is 11.3. The van der Waals surface area contributed by atoms with Crippen LogP contribution in [0.1, 0.15) is 25.7 Å². The fourth-order valence-electron chi connectivity index (χ4n) is 2.46. The fraction of sp³-hybridized carbons (Fsp3) is 0.692. The van der Waals surface area contributed by atoms with Gasteiger partial charge in [-0.25, -0.2) is 4.98 Å². The van der Waals surface area contributed by atoms with Crippen molar-refractivity contribution in [2.75, 3.05) is 37.8 Å². The summed E-state index contributed by atoms with van der Waals surface area (Å²) in [5.74, 6) is 1.63. The fourth-order valence-corrected chi connectivity index (χ4v) is 2.46. The van der Waals surface area contributed by atoms with Gasteiger partial charge in [0.05, 0.1) is 12.4 Å². The van der Waals surface area contributed by atoms with E-state index in [1.165, 1.54) is 25.7 Å². The SMILES string of the molecule is CNc1cncc(NCCN(C)C2CCCC2)n1. The van der Waals surface area contributed by atoms with Gasteiger partial charge < -0.3 is 15.5 Å². The van der Waals surface area contributed by atoms with Crippen molar-refractivity contribution < 1.29 is 0 Å². The summed E-state index contributed by atoms with van der Waals surface area (Å²) in [6, 6.07) is 0.779. The Bertz CT molecular complexity index is 362. The van der Waals surface area contributed by atoms with Gasteiger partial charge in [0, 0.05) is 26.2 Å². The highest BCUT2D eigenvalue weighted by molar-refractivity contribution is 5.40. The van der Waals surface area contributed by atoms with Crippen LogP contribution in [-0.4, -0.2) is 48.1 Å². The molecule has 18 heavy (non-hydrogen) atoms. The van der Waals surface area contributed by atoms with Gasteiger partial charge in [0.2, 0.25) is 0 Å². The minimum Gasteiger partial charge on any atom is -0.372 e. The molecule has 0 radical (unpaired) electrons. The third-order valence-corrected chi connectivity index (χ3v) is 3.61. The molecule has 0 aromatic carbocycles. The molecule has 0 atom stereocenters. The smallest absolute Gasteiger partial charge is 0.147 e. The molecule has 1 heterocycles.